The van der Waals surface area contributed by atoms with E-state index in [0.717, 1.165) is 11.1 Å². The molecule has 0 amide bonds. The zero-order chi connectivity index (χ0) is 14.9. The van der Waals surface area contributed by atoms with Crippen molar-refractivity contribution in [1.29, 1.82) is 0 Å². The lowest BCUT2D eigenvalue weighted by Gasteiger charge is -1.99. The van der Waals surface area contributed by atoms with Gasteiger partial charge in [-0.05, 0) is 12.1 Å². The van der Waals surface area contributed by atoms with E-state index in [2.05, 4.69) is 10.3 Å². The number of halogens is 2. The van der Waals surface area contributed by atoms with Gasteiger partial charge in [-0.3, -0.25) is 4.74 Å². The topological polar surface area (TPSA) is 82.2 Å². The predicted molar refractivity (Wildman–Crippen MR) is 73.1 cm³/mol. The van der Waals surface area contributed by atoms with Gasteiger partial charge in [0, 0.05) is 12.1 Å². The van der Waals surface area contributed by atoms with Crippen LogP contribution in [0.25, 0.3) is 0 Å². The van der Waals surface area contributed by atoms with Crippen LogP contribution in [0.3, 0.4) is 0 Å². The Morgan fingerprint density at radius 1 is 0.870 bits per heavy atom. The fourth-order valence-corrected chi connectivity index (χ4v) is 1.78. The molecule has 2 rings (SSSR count). The average Bonchev–Trinajstić information content (AvgIpc) is 2.49. The lowest BCUT2D eigenvalue weighted by molar-refractivity contribution is -0.788. The summed E-state index contributed by atoms with van der Waals surface area (Å²) in [5, 5.41) is 23.0. The molecule has 0 radical (unpaired) electrons. The Morgan fingerprint density at radius 3 is 1.70 bits per heavy atom. The van der Waals surface area contributed by atoms with Gasteiger partial charge >= 0.3 is 0 Å². The molecule has 2 N–H and O–H groups in total. The molecule has 0 saturated heterocycles. The third kappa shape index (κ3) is 7.05. The van der Waals surface area contributed by atoms with Crippen molar-refractivity contribution in [2.24, 2.45) is 10.3 Å². The molecule has 2 heterocycles. The molecular formula is C14H16Cl2N4O3. The van der Waals surface area contributed by atoms with Gasteiger partial charge in [0.25, 0.3) is 13.5 Å². The quantitative estimate of drug-likeness (QED) is 0.234. The van der Waals surface area contributed by atoms with E-state index >= 15 is 0 Å². The molecule has 9 heteroatoms. The van der Waals surface area contributed by atoms with Crippen LogP contribution < -0.4 is 33.9 Å². The highest BCUT2D eigenvalue weighted by Gasteiger charge is 2.05. The third-order valence-electron chi connectivity index (χ3n) is 2.66. The molecule has 0 aliphatic rings. The smallest absolute Gasteiger partial charge is 0.257 e. The molecule has 23 heavy (non-hydrogen) atoms. The number of nitrogens with zero attached hydrogens (tertiary/aromatic N) is 4. The van der Waals surface area contributed by atoms with Gasteiger partial charge in [-0.25, -0.2) is 0 Å². The predicted octanol–water partition coefficient (Wildman–Crippen LogP) is -5.48. The highest BCUT2D eigenvalue weighted by molar-refractivity contribution is 5.78. The molecule has 7 nitrogen and oxygen atoms in total. The highest BCUT2D eigenvalue weighted by Crippen LogP contribution is 1.91. The first-order valence-corrected chi connectivity index (χ1v) is 6.22. The zero-order valence-corrected chi connectivity index (χ0v) is 13.5. The van der Waals surface area contributed by atoms with Gasteiger partial charge in [0.15, 0.2) is 24.8 Å². The maximum Gasteiger partial charge on any atom is 0.257 e. The molecule has 0 atom stereocenters. The number of ether oxygens (including phenoxy) is 1. The van der Waals surface area contributed by atoms with E-state index in [4.69, 9.17) is 15.2 Å². The summed E-state index contributed by atoms with van der Waals surface area (Å²) in [4.78, 5) is 0. The second kappa shape index (κ2) is 11.4. The standard InChI is InChI=1S/C14H14N4O3.2ClH/c19-15-7-13-3-1-5-17(9-13)11-21-12-18-6-2-4-14(10-18)8-16-20;;/h1-10H,11-12H2;2*1H/b15-7+,16-8+;;. The first-order chi connectivity index (χ1) is 10.3. The second-order valence-corrected chi connectivity index (χ2v) is 4.25. The van der Waals surface area contributed by atoms with Crippen LogP contribution in [0.1, 0.15) is 11.1 Å². The number of oxime groups is 2. The molecule has 124 valence electrons. The Kier molecular flexibility index (Phi) is 10.3. The van der Waals surface area contributed by atoms with Crippen LogP contribution in [0.2, 0.25) is 0 Å². The van der Waals surface area contributed by atoms with Gasteiger partial charge in [-0.15, -0.1) is 0 Å². The van der Waals surface area contributed by atoms with Crippen molar-refractivity contribution >= 4 is 12.4 Å². The minimum absolute atomic E-state index is 0. The van der Waals surface area contributed by atoms with Crippen LogP contribution in [-0.2, 0) is 18.2 Å². The number of hydrogen-bond acceptors (Lipinski definition) is 5. The second-order valence-electron chi connectivity index (χ2n) is 4.25. The van der Waals surface area contributed by atoms with Gasteiger partial charge in [-0.2, -0.15) is 9.13 Å². The van der Waals surface area contributed by atoms with Crippen molar-refractivity contribution in [2.75, 3.05) is 0 Å². The monoisotopic (exact) mass is 358 g/mol. The van der Waals surface area contributed by atoms with Crippen LogP contribution in [0.15, 0.2) is 59.4 Å². The lowest BCUT2D eigenvalue weighted by Crippen LogP contribution is -3.00. The first-order valence-electron chi connectivity index (χ1n) is 6.22. The van der Waals surface area contributed by atoms with Crippen molar-refractivity contribution in [2.45, 2.75) is 13.5 Å². The van der Waals surface area contributed by atoms with Crippen molar-refractivity contribution in [1.82, 2.24) is 0 Å². The summed E-state index contributed by atoms with van der Waals surface area (Å²) < 4.78 is 9.24. The minimum atomic E-state index is 0. The SMILES string of the molecule is O/N=C/c1ccc[n+](COC[n+]2cccc(/C=N/O)c2)c1.[Cl-].[Cl-]. The average molecular weight is 359 g/mol. The molecule has 0 unspecified atom stereocenters. The Bertz CT molecular complexity index is 598. The summed E-state index contributed by atoms with van der Waals surface area (Å²) in [5.74, 6) is 0. The Hall–Kier alpha value is -2.22. The Morgan fingerprint density at radius 2 is 1.30 bits per heavy atom. The minimum Gasteiger partial charge on any atom is -1.00 e. The van der Waals surface area contributed by atoms with E-state index in [1.807, 2.05) is 45.8 Å². The summed E-state index contributed by atoms with van der Waals surface area (Å²) in [7, 11) is 0. The van der Waals surface area contributed by atoms with E-state index in [1.54, 1.807) is 12.4 Å². The van der Waals surface area contributed by atoms with Crippen LogP contribution >= 0.6 is 0 Å². The lowest BCUT2D eigenvalue weighted by atomic mass is 10.3. The molecular weight excluding hydrogens is 343 g/mol. The molecule has 2 aromatic heterocycles. The molecule has 2 aromatic rings. The fraction of sp³-hybridized carbons (Fsp3) is 0.143. The van der Waals surface area contributed by atoms with E-state index in [0.29, 0.717) is 13.5 Å². The molecule has 0 aliphatic carbocycles. The van der Waals surface area contributed by atoms with Crippen LogP contribution in [0.4, 0.5) is 0 Å². The largest absolute Gasteiger partial charge is 1.00 e. The third-order valence-corrected chi connectivity index (χ3v) is 2.66. The van der Waals surface area contributed by atoms with Crippen LogP contribution in [0.5, 0.6) is 0 Å². The van der Waals surface area contributed by atoms with Crippen molar-refractivity contribution in [3.05, 3.63) is 60.2 Å². The molecule has 0 aromatic carbocycles. The maximum atomic E-state index is 8.50. The van der Waals surface area contributed by atoms with Crippen LogP contribution in [-0.4, -0.2) is 22.8 Å². The number of pyridine rings is 2. The Balaban J connectivity index is 0.00000242. The molecule has 0 aliphatic heterocycles. The molecule has 0 spiro atoms. The van der Waals surface area contributed by atoms with Gasteiger partial charge in [0.05, 0.1) is 23.6 Å². The summed E-state index contributed by atoms with van der Waals surface area (Å²) in [6.45, 7) is 0.719. The van der Waals surface area contributed by atoms with E-state index in [9.17, 15) is 0 Å². The van der Waals surface area contributed by atoms with E-state index in [-0.39, 0.29) is 24.8 Å². The summed E-state index contributed by atoms with van der Waals surface area (Å²) >= 11 is 0. The Labute approximate surface area is 146 Å². The van der Waals surface area contributed by atoms with E-state index < -0.39 is 0 Å². The van der Waals surface area contributed by atoms with Gasteiger partial charge in [0.1, 0.15) is 0 Å². The molecule has 0 fully saturated rings. The van der Waals surface area contributed by atoms with E-state index in [1.165, 1.54) is 12.4 Å². The summed E-state index contributed by atoms with van der Waals surface area (Å²) in [6, 6.07) is 7.32. The highest BCUT2D eigenvalue weighted by atomic mass is 35.5. The zero-order valence-electron chi connectivity index (χ0n) is 12.0. The van der Waals surface area contributed by atoms with Gasteiger partial charge in [-0.1, -0.05) is 10.3 Å². The maximum absolute atomic E-state index is 8.50. The van der Waals surface area contributed by atoms with Crippen molar-refractivity contribution in [3.8, 4) is 0 Å². The number of aromatic nitrogens is 2. The van der Waals surface area contributed by atoms with Gasteiger partial charge < -0.3 is 35.2 Å². The fourth-order valence-electron chi connectivity index (χ4n) is 1.78. The summed E-state index contributed by atoms with van der Waals surface area (Å²) in [5.41, 5.74) is 1.55. The van der Waals surface area contributed by atoms with Crippen molar-refractivity contribution in [3.63, 3.8) is 0 Å². The number of hydrogen-bond donors (Lipinski definition) is 2. The summed E-state index contributed by atoms with van der Waals surface area (Å²) in [6.07, 6.45) is 10.0. The van der Waals surface area contributed by atoms with Gasteiger partial charge in [0.2, 0.25) is 0 Å². The first kappa shape index (κ1) is 20.8. The van der Waals surface area contributed by atoms with Crippen molar-refractivity contribution < 1.29 is 49.1 Å². The number of rotatable bonds is 6. The normalized spacial score (nSPS) is 10.4. The van der Waals surface area contributed by atoms with Crippen LogP contribution in [0, 0.1) is 0 Å². The molecule has 0 saturated carbocycles. The molecule has 0 bridgehead atoms.